The van der Waals surface area contributed by atoms with E-state index in [0.29, 0.717) is 11.5 Å². The highest BCUT2D eigenvalue weighted by Crippen LogP contribution is 2.33. The fourth-order valence-electron chi connectivity index (χ4n) is 2.73. The lowest BCUT2D eigenvalue weighted by molar-refractivity contribution is -0.120. The van der Waals surface area contributed by atoms with Gasteiger partial charge in [0.1, 0.15) is 18.0 Å². The number of nitrogens with zero attached hydrogens (tertiary/aromatic N) is 1. The number of benzene rings is 2. The number of rotatable bonds is 8. The molecule has 0 aliphatic carbocycles. The first-order chi connectivity index (χ1) is 13.2. The first-order valence-electron chi connectivity index (χ1n) is 8.71. The molecule has 0 unspecified atom stereocenters. The van der Waals surface area contributed by atoms with Crippen molar-refractivity contribution in [3.05, 3.63) is 53.6 Å². The summed E-state index contributed by atoms with van der Waals surface area (Å²) in [6, 6.07) is 12.3. The van der Waals surface area contributed by atoms with Crippen LogP contribution in [0.5, 0.6) is 11.5 Å². The van der Waals surface area contributed by atoms with Crippen LogP contribution in [0.4, 0.5) is 5.69 Å². The molecule has 1 N–H and O–H groups in total. The van der Waals surface area contributed by atoms with Crippen LogP contribution < -0.4 is 19.1 Å². The van der Waals surface area contributed by atoms with E-state index >= 15 is 0 Å². The van der Waals surface area contributed by atoms with Crippen molar-refractivity contribution in [1.82, 2.24) is 5.32 Å². The molecule has 0 bridgehead atoms. The Labute approximate surface area is 166 Å². The fourth-order valence-corrected chi connectivity index (χ4v) is 3.58. The smallest absolute Gasteiger partial charge is 0.241 e. The van der Waals surface area contributed by atoms with Gasteiger partial charge in [0.25, 0.3) is 0 Å². The molecule has 0 saturated carbocycles. The van der Waals surface area contributed by atoms with Gasteiger partial charge in [0.15, 0.2) is 0 Å². The zero-order valence-electron chi connectivity index (χ0n) is 16.7. The van der Waals surface area contributed by atoms with E-state index in [1.54, 1.807) is 12.1 Å². The van der Waals surface area contributed by atoms with Gasteiger partial charge in [-0.25, -0.2) is 8.42 Å². The summed E-state index contributed by atoms with van der Waals surface area (Å²) in [6.45, 7) is 3.45. The van der Waals surface area contributed by atoms with Gasteiger partial charge in [-0.05, 0) is 31.5 Å². The predicted octanol–water partition coefficient (Wildman–Crippen LogP) is 2.66. The lowest BCUT2D eigenvalue weighted by atomic mass is 10.1. The molecule has 7 nitrogen and oxygen atoms in total. The third-order valence-electron chi connectivity index (χ3n) is 4.30. The number of aryl methyl sites for hydroxylation is 1. The van der Waals surface area contributed by atoms with Crippen LogP contribution in [0.1, 0.15) is 24.1 Å². The van der Waals surface area contributed by atoms with Crippen LogP contribution in [0.15, 0.2) is 42.5 Å². The Morgan fingerprint density at radius 3 is 2.29 bits per heavy atom. The van der Waals surface area contributed by atoms with Gasteiger partial charge < -0.3 is 14.8 Å². The number of amides is 1. The molecule has 0 heterocycles. The number of hydrogen-bond donors (Lipinski definition) is 1. The van der Waals surface area contributed by atoms with E-state index in [0.717, 1.165) is 21.7 Å². The van der Waals surface area contributed by atoms with Gasteiger partial charge in [0.2, 0.25) is 15.9 Å². The molecule has 0 spiro atoms. The van der Waals surface area contributed by atoms with Crippen molar-refractivity contribution in [2.24, 2.45) is 0 Å². The third-order valence-corrected chi connectivity index (χ3v) is 5.42. The molecule has 0 aliphatic heterocycles. The standard InChI is InChI=1S/C20H26N2O5S/c1-14-6-8-16(9-7-14)15(2)21-20(23)13-22(28(5,24)25)18-12-17(26-3)10-11-19(18)27-4/h6-12,15H,13H2,1-5H3,(H,21,23)/t15-/m0/s1. The minimum Gasteiger partial charge on any atom is -0.497 e. The Morgan fingerprint density at radius 2 is 1.75 bits per heavy atom. The highest BCUT2D eigenvalue weighted by Gasteiger charge is 2.25. The summed E-state index contributed by atoms with van der Waals surface area (Å²) in [6.07, 6.45) is 1.04. The first-order valence-corrected chi connectivity index (χ1v) is 10.6. The second kappa shape index (κ2) is 8.97. The van der Waals surface area contributed by atoms with Gasteiger partial charge in [-0.15, -0.1) is 0 Å². The van der Waals surface area contributed by atoms with Gasteiger partial charge in [0, 0.05) is 6.07 Å². The average Bonchev–Trinajstić information content (AvgIpc) is 2.65. The van der Waals surface area contributed by atoms with Crippen molar-refractivity contribution in [1.29, 1.82) is 0 Å². The topological polar surface area (TPSA) is 84.9 Å². The van der Waals surface area contributed by atoms with E-state index < -0.39 is 15.9 Å². The number of nitrogens with one attached hydrogen (secondary N) is 1. The van der Waals surface area contributed by atoms with Crippen LogP contribution in [-0.4, -0.2) is 41.3 Å². The SMILES string of the molecule is COc1ccc(OC)c(N(CC(=O)N[C@@H](C)c2ccc(C)cc2)S(C)(=O)=O)c1. The Hall–Kier alpha value is -2.74. The van der Waals surface area contributed by atoms with Crippen molar-refractivity contribution < 1.29 is 22.7 Å². The first kappa shape index (κ1) is 21.6. The van der Waals surface area contributed by atoms with Gasteiger partial charge in [-0.3, -0.25) is 9.10 Å². The Balaban J connectivity index is 2.25. The molecule has 0 aromatic heterocycles. The molecular weight excluding hydrogens is 380 g/mol. The highest BCUT2D eigenvalue weighted by molar-refractivity contribution is 7.92. The van der Waals surface area contributed by atoms with Crippen LogP contribution in [0, 0.1) is 6.92 Å². The summed E-state index contributed by atoms with van der Waals surface area (Å²) in [5.74, 6) is 0.354. The van der Waals surface area contributed by atoms with E-state index in [9.17, 15) is 13.2 Å². The van der Waals surface area contributed by atoms with E-state index in [4.69, 9.17) is 9.47 Å². The molecule has 8 heteroatoms. The summed E-state index contributed by atoms with van der Waals surface area (Å²) in [4.78, 5) is 12.6. The van der Waals surface area contributed by atoms with Crippen molar-refractivity contribution >= 4 is 21.6 Å². The molecule has 2 rings (SSSR count). The quantitative estimate of drug-likeness (QED) is 0.729. The Morgan fingerprint density at radius 1 is 1.11 bits per heavy atom. The van der Waals surface area contributed by atoms with Crippen molar-refractivity contribution in [3.8, 4) is 11.5 Å². The van der Waals surface area contributed by atoms with E-state index in [1.165, 1.54) is 20.3 Å². The molecule has 1 atom stereocenters. The molecule has 0 radical (unpaired) electrons. The monoisotopic (exact) mass is 406 g/mol. The van der Waals surface area contributed by atoms with Gasteiger partial charge in [-0.1, -0.05) is 29.8 Å². The maximum absolute atomic E-state index is 12.6. The lowest BCUT2D eigenvalue weighted by Gasteiger charge is -2.25. The normalized spacial score (nSPS) is 12.2. The van der Waals surface area contributed by atoms with Crippen LogP contribution in [0.3, 0.4) is 0 Å². The van der Waals surface area contributed by atoms with Crippen molar-refractivity contribution in [2.75, 3.05) is 31.3 Å². The van der Waals surface area contributed by atoms with Crippen LogP contribution in [0.25, 0.3) is 0 Å². The average molecular weight is 407 g/mol. The Bertz CT molecular complexity index is 926. The largest absolute Gasteiger partial charge is 0.497 e. The molecule has 0 aliphatic rings. The minimum atomic E-state index is -3.74. The number of ether oxygens (including phenoxy) is 2. The maximum Gasteiger partial charge on any atom is 0.241 e. The van der Waals surface area contributed by atoms with Crippen LogP contribution in [-0.2, 0) is 14.8 Å². The molecule has 1 amide bonds. The number of hydrogen-bond acceptors (Lipinski definition) is 5. The van der Waals surface area contributed by atoms with E-state index in [-0.39, 0.29) is 18.3 Å². The summed E-state index contributed by atoms with van der Waals surface area (Å²) in [5, 5.41) is 2.84. The molecule has 2 aromatic rings. The second-order valence-electron chi connectivity index (χ2n) is 6.51. The van der Waals surface area contributed by atoms with Crippen molar-refractivity contribution in [3.63, 3.8) is 0 Å². The number of anilines is 1. The van der Waals surface area contributed by atoms with E-state index in [2.05, 4.69) is 5.32 Å². The number of carbonyl (C=O) groups is 1. The van der Waals surface area contributed by atoms with Crippen LogP contribution in [0.2, 0.25) is 0 Å². The van der Waals surface area contributed by atoms with E-state index in [1.807, 2.05) is 38.1 Å². The molecular formula is C20H26N2O5S. The minimum absolute atomic E-state index is 0.238. The number of sulfonamides is 1. The number of methoxy groups -OCH3 is 2. The zero-order chi connectivity index (χ0) is 20.9. The summed E-state index contributed by atoms with van der Waals surface area (Å²) in [7, 11) is -0.825. The molecule has 152 valence electrons. The molecule has 2 aromatic carbocycles. The van der Waals surface area contributed by atoms with Gasteiger partial charge >= 0.3 is 0 Å². The van der Waals surface area contributed by atoms with Gasteiger partial charge in [-0.2, -0.15) is 0 Å². The molecule has 28 heavy (non-hydrogen) atoms. The summed E-state index contributed by atoms with van der Waals surface area (Å²) in [5.41, 5.74) is 2.29. The van der Waals surface area contributed by atoms with Crippen LogP contribution >= 0.6 is 0 Å². The van der Waals surface area contributed by atoms with Gasteiger partial charge in [0.05, 0.1) is 32.2 Å². The second-order valence-corrected chi connectivity index (χ2v) is 8.41. The molecule has 0 saturated heterocycles. The lowest BCUT2D eigenvalue weighted by Crippen LogP contribution is -2.41. The summed E-state index contributed by atoms with van der Waals surface area (Å²) >= 11 is 0. The van der Waals surface area contributed by atoms with Crippen molar-refractivity contribution in [2.45, 2.75) is 19.9 Å². The predicted molar refractivity (Wildman–Crippen MR) is 109 cm³/mol. The maximum atomic E-state index is 12.6. The molecule has 0 fully saturated rings. The highest BCUT2D eigenvalue weighted by atomic mass is 32.2. The third kappa shape index (κ3) is 5.39. The number of carbonyl (C=O) groups excluding carboxylic acids is 1. The Kier molecular flexibility index (Phi) is 6.90. The zero-order valence-corrected chi connectivity index (χ0v) is 17.5. The summed E-state index contributed by atoms with van der Waals surface area (Å²) < 4.78 is 36.2. The fraction of sp³-hybridized carbons (Fsp3) is 0.350.